The summed E-state index contributed by atoms with van der Waals surface area (Å²) < 4.78 is 4.01. The number of anilines is 1. The Morgan fingerprint density at radius 1 is 1.00 bits per heavy atom. The molecule has 0 radical (unpaired) electrons. The molecule has 1 aliphatic heterocycles. The van der Waals surface area contributed by atoms with Gasteiger partial charge in [-0.2, -0.15) is 5.10 Å². The van der Waals surface area contributed by atoms with Crippen molar-refractivity contribution < 1.29 is 0 Å². The second kappa shape index (κ2) is 6.80. The van der Waals surface area contributed by atoms with Crippen molar-refractivity contribution in [3.63, 3.8) is 0 Å². The van der Waals surface area contributed by atoms with Crippen LogP contribution in [0, 0.1) is 0 Å². The molecule has 0 amide bonds. The van der Waals surface area contributed by atoms with E-state index in [4.69, 9.17) is 39.8 Å². The van der Waals surface area contributed by atoms with Crippen molar-refractivity contribution in [3.8, 4) is 0 Å². The molecule has 5 rings (SSSR count). The van der Waals surface area contributed by atoms with Crippen LogP contribution in [0.1, 0.15) is 24.4 Å². The Labute approximate surface area is 182 Å². The first-order valence-electron chi connectivity index (χ1n) is 9.02. The average molecular weight is 445 g/mol. The van der Waals surface area contributed by atoms with Gasteiger partial charge in [-0.1, -0.05) is 40.9 Å². The molecule has 5 nitrogen and oxygen atoms in total. The van der Waals surface area contributed by atoms with Crippen LogP contribution in [0.4, 0.5) is 5.82 Å². The lowest BCUT2D eigenvalue weighted by Crippen LogP contribution is -2.25. The first-order valence-corrected chi connectivity index (χ1v) is 10.2. The lowest BCUT2D eigenvalue weighted by atomic mass is 9.95. The van der Waals surface area contributed by atoms with E-state index in [2.05, 4.69) is 15.0 Å². The molecule has 0 spiro atoms. The van der Waals surface area contributed by atoms with Crippen LogP contribution >= 0.6 is 34.8 Å². The van der Waals surface area contributed by atoms with Gasteiger partial charge in [-0.3, -0.25) is 0 Å². The van der Waals surface area contributed by atoms with Crippen LogP contribution in [0.3, 0.4) is 0 Å². The third-order valence-corrected chi connectivity index (χ3v) is 6.23. The highest BCUT2D eigenvalue weighted by molar-refractivity contribution is 6.42. The highest BCUT2D eigenvalue weighted by Crippen LogP contribution is 2.42. The minimum Gasteiger partial charge on any atom is -0.344 e. The van der Waals surface area contributed by atoms with Gasteiger partial charge in [-0.25, -0.2) is 9.67 Å². The fraction of sp³-hybridized carbons (Fsp3) is 0.143. The number of benzene rings is 2. The number of aryl methyl sites for hydroxylation is 1. The van der Waals surface area contributed by atoms with Crippen LogP contribution in [0.2, 0.25) is 15.1 Å². The summed E-state index contributed by atoms with van der Waals surface area (Å²) in [6.07, 6.45) is 1.78. The summed E-state index contributed by atoms with van der Waals surface area (Å²) >= 11 is 18.7. The zero-order chi connectivity index (χ0) is 20.3. The van der Waals surface area contributed by atoms with Gasteiger partial charge in [0.1, 0.15) is 17.7 Å². The van der Waals surface area contributed by atoms with E-state index >= 15 is 0 Å². The van der Waals surface area contributed by atoms with Crippen molar-refractivity contribution in [2.75, 3.05) is 5.32 Å². The summed E-state index contributed by atoms with van der Waals surface area (Å²) in [5.41, 5.74) is 4.83. The predicted octanol–water partition coefficient (Wildman–Crippen LogP) is 6.18. The molecule has 0 fully saturated rings. The molecule has 3 heterocycles. The third-order valence-electron chi connectivity index (χ3n) is 5.25. The van der Waals surface area contributed by atoms with Crippen molar-refractivity contribution in [1.29, 1.82) is 0 Å². The van der Waals surface area contributed by atoms with Gasteiger partial charge in [0.25, 0.3) is 0 Å². The van der Waals surface area contributed by atoms with E-state index in [1.54, 1.807) is 6.20 Å². The smallest absolute Gasteiger partial charge is 0.141 e. The van der Waals surface area contributed by atoms with E-state index in [0.717, 1.165) is 39.5 Å². The third kappa shape index (κ3) is 2.92. The number of aromatic nitrogens is 4. The van der Waals surface area contributed by atoms with Gasteiger partial charge >= 0.3 is 0 Å². The lowest BCUT2D eigenvalue weighted by molar-refractivity contribution is 0.613. The summed E-state index contributed by atoms with van der Waals surface area (Å²) in [6.45, 7) is 2.04. The Bertz CT molecular complexity index is 1300. The SMILES string of the molecule is CC1=C(c2nc3cc(Cl)ccc3n2C)C(c2ccc(Cl)c(Cl)c2)n2nccc2N1. The molecule has 2 aromatic carbocycles. The molecule has 1 aliphatic rings. The highest BCUT2D eigenvalue weighted by atomic mass is 35.5. The molecule has 0 saturated heterocycles. The summed E-state index contributed by atoms with van der Waals surface area (Å²) in [4.78, 5) is 4.90. The molecule has 0 aliphatic carbocycles. The van der Waals surface area contributed by atoms with Crippen LogP contribution < -0.4 is 5.32 Å². The van der Waals surface area contributed by atoms with Crippen LogP contribution in [0.15, 0.2) is 54.4 Å². The van der Waals surface area contributed by atoms with Crippen LogP contribution in [0.5, 0.6) is 0 Å². The summed E-state index contributed by atoms with van der Waals surface area (Å²) in [5, 5.41) is 9.68. The number of nitrogens with one attached hydrogen (secondary N) is 1. The number of rotatable bonds is 2. The predicted molar refractivity (Wildman–Crippen MR) is 119 cm³/mol. The van der Waals surface area contributed by atoms with Gasteiger partial charge in [0.05, 0.1) is 27.3 Å². The van der Waals surface area contributed by atoms with Crippen LogP contribution in [-0.4, -0.2) is 19.3 Å². The molecule has 0 saturated carbocycles. The van der Waals surface area contributed by atoms with Gasteiger partial charge in [0.2, 0.25) is 0 Å². The Morgan fingerprint density at radius 2 is 1.83 bits per heavy atom. The Balaban J connectivity index is 1.77. The van der Waals surface area contributed by atoms with Gasteiger partial charge in [-0.05, 0) is 42.8 Å². The molecule has 2 aromatic heterocycles. The first-order chi connectivity index (χ1) is 13.9. The van der Waals surface area contributed by atoms with E-state index in [1.807, 2.05) is 61.1 Å². The van der Waals surface area contributed by atoms with Crippen molar-refractivity contribution in [2.24, 2.45) is 7.05 Å². The number of hydrogen-bond donors (Lipinski definition) is 1. The van der Waals surface area contributed by atoms with E-state index in [-0.39, 0.29) is 6.04 Å². The fourth-order valence-corrected chi connectivity index (χ4v) is 4.37. The van der Waals surface area contributed by atoms with E-state index < -0.39 is 0 Å². The lowest BCUT2D eigenvalue weighted by Gasteiger charge is -2.30. The summed E-state index contributed by atoms with van der Waals surface area (Å²) in [5.74, 6) is 1.74. The van der Waals surface area contributed by atoms with Gasteiger partial charge in [0, 0.05) is 29.4 Å². The topological polar surface area (TPSA) is 47.7 Å². The van der Waals surface area contributed by atoms with Crippen molar-refractivity contribution in [1.82, 2.24) is 19.3 Å². The molecular weight excluding hydrogens is 429 g/mol. The molecule has 29 heavy (non-hydrogen) atoms. The van der Waals surface area contributed by atoms with E-state index in [9.17, 15) is 0 Å². The summed E-state index contributed by atoms with van der Waals surface area (Å²) in [7, 11) is 2.00. The Morgan fingerprint density at radius 3 is 2.62 bits per heavy atom. The normalized spacial score (nSPS) is 16.2. The number of imidazole rings is 1. The molecular formula is C21H16Cl3N5. The number of allylic oxidation sites excluding steroid dienone is 2. The van der Waals surface area contributed by atoms with Crippen LogP contribution in [0.25, 0.3) is 16.6 Å². The quantitative estimate of drug-likeness (QED) is 0.402. The van der Waals surface area contributed by atoms with E-state index in [1.165, 1.54) is 0 Å². The maximum Gasteiger partial charge on any atom is 0.141 e. The second-order valence-electron chi connectivity index (χ2n) is 7.03. The van der Waals surface area contributed by atoms with Crippen molar-refractivity contribution in [2.45, 2.75) is 13.0 Å². The highest BCUT2D eigenvalue weighted by Gasteiger charge is 2.32. The molecule has 8 heteroatoms. The van der Waals surface area contributed by atoms with Gasteiger partial charge in [-0.15, -0.1) is 0 Å². The number of fused-ring (bicyclic) bond motifs is 2. The molecule has 1 N–H and O–H groups in total. The molecule has 0 bridgehead atoms. The van der Waals surface area contributed by atoms with Crippen molar-refractivity contribution >= 4 is 57.2 Å². The maximum absolute atomic E-state index is 6.35. The number of halogens is 3. The minimum absolute atomic E-state index is 0.206. The largest absolute Gasteiger partial charge is 0.344 e. The molecule has 1 atom stereocenters. The van der Waals surface area contributed by atoms with Crippen LogP contribution in [-0.2, 0) is 7.05 Å². The number of nitrogens with zero attached hydrogens (tertiary/aromatic N) is 4. The van der Waals surface area contributed by atoms with Gasteiger partial charge in [0.15, 0.2) is 0 Å². The fourth-order valence-electron chi connectivity index (χ4n) is 3.90. The zero-order valence-corrected chi connectivity index (χ0v) is 17.9. The first kappa shape index (κ1) is 18.6. The number of hydrogen-bond acceptors (Lipinski definition) is 3. The Kier molecular flexibility index (Phi) is 4.35. The standard InChI is InChI=1S/C21H16Cl3N5/c1-11-19(21-27-16-10-13(22)4-6-17(16)28(21)2)20(29-18(26-11)7-8-25-29)12-3-5-14(23)15(24)9-12/h3-10,20,26H,1-2H3. The monoisotopic (exact) mass is 443 g/mol. The van der Waals surface area contributed by atoms with Gasteiger partial charge < -0.3 is 9.88 Å². The zero-order valence-electron chi connectivity index (χ0n) is 15.6. The Hall–Kier alpha value is -2.47. The average Bonchev–Trinajstić information content (AvgIpc) is 3.27. The molecule has 146 valence electrons. The molecule has 1 unspecified atom stereocenters. The van der Waals surface area contributed by atoms with Crippen molar-refractivity contribution in [3.05, 3.63) is 80.8 Å². The summed E-state index contributed by atoms with van der Waals surface area (Å²) in [6, 6.07) is 13.1. The molecule has 4 aromatic rings. The van der Waals surface area contributed by atoms with E-state index in [0.29, 0.717) is 15.1 Å². The maximum atomic E-state index is 6.35. The minimum atomic E-state index is -0.206. The second-order valence-corrected chi connectivity index (χ2v) is 8.28.